The van der Waals surface area contributed by atoms with Gasteiger partial charge in [0.2, 0.25) is 0 Å². The number of thioether (sulfide) groups is 1. The first kappa shape index (κ1) is 10.3. The average molecular weight is 212 g/mol. The van der Waals surface area contributed by atoms with E-state index in [1.165, 1.54) is 30.9 Å². The maximum Gasteiger partial charge on any atom is 0.157 e. The molecular weight excluding hydrogens is 192 g/mol. The fraction of sp³-hybridized carbons (Fsp3) is 0.909. The van der Waals surface area contributed by atoms with E-state index in [2.05, 4.69) is 24.2 Å². The molecule has 0 amide bonds. The molecule has 14 heavy (non-hydrogen) atoms. The lowest BCUT2D eigenvalue weighted by Crippen LogP contribution is -2.30. The third-order valence-electron chi connectivity index (χ3n) is 3.19. The summed E-state index contributed by atoms with van der Waals surface area (Å²) < 4.78 is 0. The van der Waals surface area contributed by atoms with Crippen LogP contribution >= 0.6 is 11.8 Å². The fourth-order valence-electron chi connectivity index (χ4n) is 2.22. The summed E-state index contributed by atoms with van der Waals surface area (Å²) >= 11 is 1.94. The molecule has 0 aromatic carbocycles. The van der Waals surface area contributed by atoms with Gasteiger partial charge in [-0.2, -0.15) is 0 Å². The Kier molecular flexibility index (Phi) is 3.37. The molecular formula is C11H20N2S. The van der Waals surface area contributed by atoms with Crippen LogP contribution in [0.2, 0.25) is 0 Å². The predicted molar refractivity (Wildman–Crippen MR) is 63.9 cm³/mol. The van der Waals surface area contributed by atoms with E-state index in [9.17, 15) is 0 Å². The Morgan fingerprint density at radius 3 is 2.93 bits per heavy atom. The van der Waals surface area contributed by atoms with Crippen LogP contribution in [0.5, 0.6) is 0 Å². The zero-order valence-corrected chi connectivity index (χ0v) is 9.94. The summed E-state index contributed by atoms with van der Waals surface area (Å²) in [7, 11) is 0. The molecule has 0 aromatic rings. The van der Waals surface area contributed by atoms with Crippen LogP contribution in [0.3, 0.4) is 0 Å². The minimum absolute atomic E-state index is 0.701. The van der Waals surface area contributed by atoms with E-state index in [0.717, 1.165) is 17.7 Å². The lowest BCUT2D eigenvalue weighted by molar-refractivity contribution is 0.572. The van der Waals surface area contributed by atoms with Gasteiger partial charge in [0, 0.05) is 11.3 Å². The Morgan fingerprint density at radius 1 is 1.50 bits per heavy atom. The summed E-state index contributed by atoms with van der Waals surface area (Å²) in [6.07, 6.45) is 5.28. The second kappa shape index (κ2) is 4.56. The monoisotopic (exact) mass is 212 g/mol. The molecule has 80 valence electrons. The number of aliphatic imine (C=N–C) groups is 1. The van der Waals surface area contributed by atoms with Crippen LogP contribution in [0.25, 0.3) is 0 Å². The van der Waals surface area contributed by atoms with E-state index < -0.39 is 0 Å². The van der Waals surface area contributed by atoms with Crippen LogP contribution in [-0.2, 0) is 0 Å². The summed E-state index contributed by atoms with van der Waals surface area (Å²) in [6, 6.07) is 0.701. The van der Waals surface area contributed by atoms with Gasteiger partial charge in [-0.05, 0) is 31.6 Å². The largest absolute Gasteiger partial charge is 0.362 e. The molecule has 3 atom stereocenters. The normalized spacial score (nSPS) is 37.3. The van der Waals surface area contributed by atoms with Gasteiger partial charge < -0.3 is 5.32 Å². The first-order valence-corrected chi connectivity index (χ1v) is 6.63. The van der Waals surface area contributed by atoms with Gasteiger partial charge in [-0.25, -0.2) is 0 Å². The van der Waals surface area contributed by atoms with Crippen molar-refractivity contribution >= 4 is 16.9 Å². The molecule has 1 fully saturated rings. The van der Waals surface area contributed by atoms with Crippen molar-refractivity contribution in [2.75, 3.05) is 6.54 Å². The molecule has 0 bridgehead atoms. The van der Waals surface area contributed by atoms with Gasteiger partial charge in [0.25, 0.3) is 0 Å². The van der Waals surface area contributed by atoms with Crippen LogP contribution < -0.4 is 5.32 Å². The predicted octanol–water partition coefficient (Wildman–Crippen LogP) is 2.65. The molecule has 2 nitrogen and oxygen atoms in total. The van der Waals surface area contributed by atoms with E-state index in [0.29, 0.717) is 6.04 Å². The molecule has 0 aromatic heterocycles. The van der Waals surface area contributed by atoms with Crippen LogP contribution in [-0.4, -0.2) is 23.0 Å². The Bertz CT molecular complexity index is 227. The highest BCUT2D eigenvalue weighted by Gasteiger charge is 2.25. The van der Waals surface area contributed by atoms with E-state index in [1.807, 2.05) is 11.8 Å². The van der Waals surface area contributed by atoms with Crippen LogP contribution in [0.4, 0.5) is 0 Å². The Balaban J connectivity index is 1.76. The van der Waals surface area contributed by atoms with Gasteiger partial charge >= 0.3 is 0 Å². The number of nitrogens with zero attached hydrogens (tertiary/aromatic N) is 1. The lowest BCUT2D eigenvalue weighted by Gasteiger charge is -2.13. The molecule has 0 spiro atoms. The van der Waals surface area contributed by atoms with Crippen molar-refractivity contribution in [1.82, 2.24) is 5.32 Å². The summed E-state index contributed by atoms with van der Waals surface area (Å²) in [4.78, 5) is 4.54. The molecule has 1 aliphatic heterocycles. The van der Waals surface area contributed by atoms with Gasteiger partial charge in [0.15, 0.2) is 5.17 Å². The highest BCUT2D eigenvalue weighted by Crippen LogP contribution is 2.27. The maximum atomic E-state index is 4.54. The molecule has 1 N–H and O–H groups in total. The standard InChI is InChI=1S/C11H20N2S/c1-3-10-7-12-11(14-10)13-9-5-4-8(2)6-9/h8-10H,3-7H2,1-2H3,(H,12,13). The van der Waals surface area contributed by atoms with Crippen LogP contribution in [0.15, 0.2) is 4.99 Å². The Hall–Kier alpha value is -0.180. The van der Waals surface area contributed by atoms with Crippen molar-refractivity contribution in [3.8, 4) is 0 Å². The number of hydrogen-bond acceptors (Lipinski definition) is 3. The van der Waals surface area contributed by atoms with Gasteiger partial charge in [-0.15, -0.1) is 0 Å². The molecule has 2 aliphatic rings. The zero-order chi connectivity index (χ0) is 9.97. The molecule has 1 aliphatic carbocycles. The second-order valence-electron chi connectivity index (χ2n) is 4.55. The van der Waals surface area contributed by atoms with E-state index in [4.69, 9.17) is 0 Å². The molecule has 1 saturated carbocycles. The Morgan fingerprint density at radius 2 is 2.36 bits per heavy atom. The molecule has 3 heteroatoms. The SMILES string of the molecule is CCC1CN=C(NC2CCC(C)C2)S1. The topological polar surface area (TPSA) is 24.4 Å². The first-order valence-electron chi connectivity index (χ1n) is 5.75. The van der Waals surface area contributed by atoms with Crippen molar-refractivity contribution in [3.63, 3.8) is 0 Å². The maximum absolute atomic E-state index is 4.54. The average Bonchev–Trinajstić information content (AvgIpc) is 2.76. The minimum Gasteiger partial charge on any atom is -0.362 e. The number of hydrogen-bond donors (Lipinski definition) is 1. The van der Waals surface area contributed by atoms with Gasteiger partial charge in [0.05, 0.1) is 6.54 Å². The van der Waals surface area contributed by atoms with Gasteiger partial charge in [-0.3, -0.25) is 4.99 Å². The van der Waals surface area contributed by atoms with Crippen molar-refractivity contribution in [3.05, 3.63) is 0 Å². The fourth-order valence-corrected chi connectivity index (χ4v) is 3.24. The number of nitrogens with one attached hydrogen (secondary N) is 1. The van der Waals surface area contributed by atoms with Crippen molar-refractivity contribution in [2.45, 2.75) is 50.8 Å². The summed E-state index contributed by atoms with van der Waals surface area (Å²) in [5.41, 5.74) is 0. The third-order valence-corrected chi connectivity index (χ3v) is 4.48. The zero-order valence-electron chi connectivity index (χ0n) is 9.12. The van der Waals surface area contributed by atoms with E-state index in [-0.39, 0.29) is 0 Å². The van der Waals surface area contributed by atoms with E-state index in [1.54, 1.807) is 0 Å². The van der Waals surface area contributed by atoms with Crippen molar-refractivity contribution in [2.24, 2.45) is 10.9 Å². The molecule has 2 rings (SSSR count). The molecule has 0 radical (unpaired) electrons. The third kappa shape index (κ3) is 2.44. The van der Waals surface area contributed by atoms with Gasteiger partial charge in [-0.1, -0.05) is 25.6 Å². The molecule has 0 saturated heterocycles. The Labute approximate surface area is 90.9 Å². The quantitative estimate of drug-likeness (QED) is 0.761. The van der Waals surface area contributed by atoms with Crippen molar-refractivity contribution < 1.29 is 0 Å². The highest BCUT2D eigenvalue weighted by molar-refractivity contribution is 8.14. The summed E-state index contributed by atoms with van der Waals surface area (Å²) in [5, 5.41) is 5.52. The van der Waals surface area contributed by atoms with Crippen LogP contribution in [0.1, 0.15) is 39.5 Å². The second-order valence-corrected chi connectivity index (χ2v) is 5.84. The summed E-state index contributed by atoms with van der Waals surface area (Å²) in [6.45, 7) is 5.61. The summed E-state index contributed by atoms with van der Waals surface area (Å²) in [5.74, 6) is 0.904. The first-order chi connectivity index (χ1) is 6.78. The number of amidine groups is 1. The smallest absolute Gasteiger partial charge is 0.157 e. The van der Waals surface area contributed by atoms with Crippen molar-refractivity contribution in [1.29, 1.82) is 0 Å². The van der Waals surface area contributed by atoms with Crippen LogP contribution in [0, 0.1) is 5.92 Å². The molecule has 3 unspecified atom stereocenters. The van der Waals surface area contributed by atoms with Gasteiger partial charge in [0.1, 0.15) is 0 Å². The van der Waals surface area contributed by atoms with E-state index >= 15 is 0 Å². The lowest BCUT2D eigenvalue weighted by atomic mass is 10.1. The molecule has 1 heterocycles. The minimum atomic E-state index is 0.701. The highest BCUT2D eigenvalue weighted by atomic mass is 32.2. The number of rotatable bonds is 2.